The zero-order chi connectivity index (χ0) is 17.6. The predicted octanol–water partition coefficient (Wildman–Crippen LogP) is 3.07. The zero-order valence-corrected chi connectivity index (χ0v) is 15.1. The SMILES string of the molecule is CC(C)CC(=O)NC(=S)Nc1ccc(C(=O)NC(C)(C)C)cc1. The molecule has 23 heavy (non-hydrogen) atoms. The topological polar surface area (TPSA) is 70.2 Å². The van der Waals surface area contributed by atoms with Crippen molar-refractivity contribution in [2.75, 3.05) is 5.32 Å². The van der Waals surface area contributed by atoms with Crippen LogP contribution in [-0.4, -0.2) is 22.5 Å². The van der Waals surface area contributed by atoms with Crippen LogP contribution in [-0.2, 0) is 4.79 Å². The van der Waals surface area contributed by atoms with Crippen molar-refractivity contribution in [1.29, 1.82) is 0 Å². The van der Waals surface area contributed by atoms with Crippen molar-refractivity contribution in [3.8, 4) is 0 Å². The van der Waals surface area contributed by atoms with E-state index < -0.39 is 0 Å². The summed E-state index contributed by atoms with van der Waals surface area (Å²) in [4.78, 5) is 23.7. The van der Waals surface area contributed by atoms with Gasteiger partial charge in [-0.1, -0.05) is 13.8 Å². The van der Waals surface area contributed by atoms with E-state index in [1.165, 1.54) is 0 Å². The smallest absolute Gasteiger partial charge is 0.251 e. The molecule has 3 N–H and O–H groups in total. The summed E-state index contributed by atoms with van der Waals surface area (Å²) >= 11 is 5.10. The lowest BCUT2D eigenvalue weighted by Gasteiger charge is -2.20. The molecule has 5 nitrogen and oxygen atoms in total. The van der Waals surface area contributed by atoms with E-state index in [9.17, 15) is 9.59 Å². The van der Waals surface area contributed by atoms with E-state index in [4.69, 9.17) is 12.2 Å². The van der Waals surface area contributed by atoms with E-state index in [0.29, 0.717) is 17.7 Å². The van der Waals surface area contributed by atoms with Crippen molar-refractivity contribution < 1.29 is 9.59 Å². The zero-order valence-electron chi connectivity index (χ0n) is 14.3. The molecule has 6 heteroatoms. The lowest BCUT2D eigenvalue weighted by molar-refractivity contribution is -0.120. The average molecular weight is 335 g/mol. The van der Waals surface area contributed by atoms with Gasteiger partial charge in [0, 0.05) is 23.2 Å². The summed E-state index contributed by atoms with van der Waals surface area (Å²) in [5, 5.41) is 8.71. The van der Waals surface area contributed by atoms with Gasteiger partial charge in [-0.05, 0) is 63.2 Å². The van der Waals surface area contributed by atoms with Gasteiger partial charge in [-0.25, -0.2) is 0 Å². The molecule has 0 saturated carbocycles. The number of anilines is 1. The van der Waals surface area contributed by atoms with E-state index in [2.05, 4.69) is 16.0 Å². The van der Waals surface area contributed by atoms with Crippen LogP contribution in [0.3, 0.4) is 0 Å². The molecular formula is C17H25N3O2S. The van der Waals surface area contributed by atoms with Crippen LogP contribution < -0.4 is 16.0 Å². The van der Waals surface area contributed by atoms with Crippen LogP contribution in [0.4, 0.5) is 5.69 Å². The Kier molecular flexibility index (Phi) is 6.69. The fourth-order valence-corrected chi connectivity index (χ4v) is 2.06. The molecule has 1 rings (SSSR count). The highest BCUT2D eigenvalue weighted by Crippen LogP contribution is 2.11. The number of thiocarbonyl (C=S) groups is 1. The first-order chi connectivity index (χ1) is 10.6. The molecule has 0 aliphatic carbocycles. The molecule has 126 valence electrons. The summed E-state index contributed by atoms with van der Waals surface area (Å²) in [6.07, 6.45) is 0.424. The number of rotatable bonds is 4. The molecule has 0 unspecified atom stereocenters. The van der Waals surface area contributed by atoms with Crippen LogP contribution in [0.5, 0.6) is 0 Å². The summed E-state index contributed by atoms with van der Waals surface area (Å²) in [5.41, 5.74) is 1.00. The minimum atomic E-state index is -0.281. The Morgan fingerprint density at radius 3 is 2.17 bits per heavy atom. The second kappa shape index (κ2) is 8.06. The van der Waals surface area contributed by atoms with E-state index in [0.717, 1.165) is 0 Å². The maximum atomic E-state index is 12.0. The number of amides is 2. The highest BCUT2D eigenvalue weighted by Gasteiger charge is 2.15. The molecule has 0 atom stereocenters. The lowest BCUT2D eigenvalue weighted by Crippen LogP contribution is -2.40. The third-order valence-electron chi connectivity index (χ3n) is 2.74. The molecule has 1 aromatic carbocycles. The van der Waals surface area contributed by atoms with Crippen LogP contribution in [0.1, 0.15) is 51.4 Å². The van der Waals surface area contributed by atoms with Gasteiger partial charge in [0.05, 0.1) is 0 Å². The van der Waals surface area contributed by atoms with Gasteiger partial charge in [0.2, 0.25) is 5.91 Å². The van der Waals surface area contributed by atoms with Crippen LogP contribution >= 0.6 is 12.2 Å². The standard InChI is InChI=1S/C17H25N3O2S/c1-11(2)10-14(21)19-16(23)18-13-8-6-12(7-9-13)15(22)20-17(3,4)5/h6-9,11H,10H2,1-5H3,(H,20,22)(H2,18,19,21,23). The molecule has 0 aromatic heterocycles. The first-order valence-corrected chi connectivity index (χ1v) is 8.01. The van der Waals surface area contributed by atoms with Crippen LogP contribution in [0.25, 0.3) is 0 Å². The average Bonchev–Trinajstić information content (AvgIpc) is 2.35. The minimum Gasteiger partial charge on any atom is -0.347 e. The predicted molar refractivity (Wildman–Crippen MR) is 97.5 cm³/mol. The van der Waals surface area contributed by atoms with Gasteiger partial charge < -0.3 is 16.0 Å². The van der Waals surface area contributed by atoms with Crippen LogP contribution in [0, 0.1) is 5.92 Å². The highest BCUT2D eigenvalue weighted by molar-refractivity contribution is 7.80. The van der Waals surface area contributed by atoms with Crippen molar-refractivity contribution in [1.82, 2.24) is 10.6 Å². The molecule has 0 saturated heterocycles. The Labute approximate surface area is 143 Å². The third kappa shape index (κ3) is 7.74. The summed E-state index contributed by atoms with van der Waals surface area (Å²) in [6, 6.07) is 6.92. The van der Waals surface area contributed by atoms with Gasteiger partial charge in [0.25, 0.3) is 5.91 Å². The van der Waals surface area contributed by atoms with Gasteiger partial charge >= 0.3 is 0 Å². The molecule has 0 spiro atoms. The second-order valence-corrected chi connectivity index (χ2v) is 7.29. The normalized spacial score (nSPS) is 11.0. The third-order valence-corrected chi connectivity index (χ3v) is 2.94. The summed E-state index contributed by atoms with van der Waals surface area (Å²) < 4.78 is 0. The summed E-state index contributed by atoms with van der Waals surface area (Å²) in [7, 11) is 0. The van der Waals surface area contributed by atoms with Crippen molar-refractivity contribution in [3.05, 3.63) is 29.8 Å². The van der Waals surface area contributed by atoms with E-state index in [1.807, 2.05) is 34.6 Å². The van der Waals surface area contributed by atoms with Gasteiger partial charge in [-0.3, -0.25) is 9.59 Å². The number of benzene rings is 1. The van der Waals surface area contributed by atoms with Crippen molar-refractivity contribution in [3.63, 3.8) is 0 Å². The Morgan fingerprint density at radius 1 is 1.13 bits per heavy atom. The number of carbonyl (C=O) groups is 2. The van der Waals surface area contributed by atoms with Gasteiger partial charge in [0.15, 0.2) is 5.11 Å². The minimum absolute atomic E-state index is 0.112. The highest BCUT2D eigenvalue weighted by atomic mass is 32.1. The van der Waals surface area contributed by atoms with E-state index >= 15 is 0 Å². The number of hydrogen-bond acceptors (Lipinski definition) is 3. The molecule has 0 heterocycles. The van der Waals surface area contributed by atoms with Crippen LogP contribution in [0.15, 0.2) is 24.3 Å². The first kappa shape index (κ1) is 19.1. The lowest BCUT2D eigenvalue weighted by atomic mass is 10.1. The van der Waals surface area contributed by atoms with E-state index in [-0.39, 0.29) is 28.4 Å². The Bertz CT molecular complexity index is 574. The molecule has 0 bridgehead atoms. The molecular weight excluding hydrogens is 310 g/mol. The molecule has 0 radical (unpaired) electrons. The first-order valence-electron chi connectivity index (χ1n) is 7.60. The monoisotopic (exact) mass is 335 g/mol. The number of hydrogen-bond donors (Lipinski definition) is 3. The fourth-order valence-electron chi connectivity index (χ4n) is 1.83. The molecule has 1 aromatic rings. The van der Waals surface area contributed by atoms with Gasteiger partial charge in [-0.2, -0.15) is 0 Å². The van der Waals surface area contributed by atoms with Crippen molar-refractivity contribution >= 4 is 34.8 Å². The molecule has 2 amide bonds. The Balaban J connectivity index is 2.58. The fraction of sp³-hybridized carbons (Fsp3) is 0.471. The molecule has 0 aliphatic rings. The maximum absolute atomic E-state index is 12.0. The molecule has 0 fully saturated rings. The van der Waals surface area contributed by atoms with Crippen molar-refractivity contribution in [2.24, 2.45) is 5.92 Å². The number of carbonyl (C=O) groups excluding carboxylic acids is 2. The summed E-state index contributed by atoms with van der Waals surface area (Å²) in [5.74, 6) is 0.0361. The number of nitrogens with one attached hydrogen (secondary N) is 3. The second-order valence-electron chi connectivity index (χ2n) is 6.88. The Hall–Kier alpha value is -1.95. The van der Waals surface area contributed by atoms with Gasteiger partial charge in [0.1, 0.15) is 0 Å². The maximum Gasteiger partial charge on any atom is 0.251 e. The largest absolute Gasteiger partial charge is 0.347 e. The Morgan fingerprint density at radius 2 is 1.70 bits per heavy atom. The van der Waals surface area contributed by atoms with Gasteiger partial charge in [-0.15, -0.1) is 0 Å². The molecule has 0 aliphatic heterocycles. The van der Waals surface area contributed by atoms with E-state index in [1.54, 1.807) is 24.3 Å². The quantitative estimate of drug-likeness (QED) is 0.740. The van der Waals surface area contributed by atoms with Crippen molar-refractivity contribution in [2.45, 2.75) is 46.6 Å². The summed E-state index contributed by atoms with van der Waals surface area (Å²) in [6.45, 7) is 9.73. The van der Waals surface area contributed by atoms with Crippen LogP contribution in [0.2, 0.25) is 0 Å².